The van der Waals surface area contributed by atoms with E-state index in [1.54, 1.807) is 31.4 Å². The van der Waals surface area contributed by atoms with E-state index in [0.29, 0.717) is 18.7 Å². The van der Waals surface area contributed by atoms with E-state index < -0.39 is 6.10 Å². The first-order chi connectivity index (χ1) is 10.7. The normalized spacial score (nSPS) is 11.7. The summed E-state index contributed by atoms with van der Waals surface area (Å²) in [4.78, 5) is 12.6. The van der Waals surface area contributed by atoms with Crippen LogP contribution in [0.5, 0.6) is 11.5 Å². The Hall–Kier alpha value is -2.05. The Bertz CT molecular complexity index is 568. The number of methoxy groups -OCH3 is 1. The van der Waals surface area contributed by atoms with Crippen molar-refractivity contribution in [3.8, 4) is 11.5 Å². The van der Waals surface area contributed by atoms with E-state index in [9.17, 15) is 9.90 Å². The predicted molar refractivity (Wildman–Crippen MR) is 85.4 cm³/mol. The summed E-state index contributed by atoms with van der Waals surface area (Å²) in [5.74, 6) is 1.13. The number of ether oxygens (including phenoxy) is 2. The van der Waals surface area contributed by atoms with Gasteiger partial charge < -0.3 is 19.9 Å². The fourth-order valence-corrected chi connectivity index (χ4v) is 2.59. The molecule has 1 aromatic heterocycles. The Balaban J connectivity index is 1.65. The van der Waals surface area contributed by atoms with Crippen LogP contribution in [0.4, 0.5) is 0 Å². The molecule has 5 nitrogen and oxygen atoms in total. The summed E-state index contributed by atoms with van der Waals surface area (Å²) in [6.45, 7) is 0.352. The van der Waals surface area contributed by atoms with Gasteiger partial charge in [-0.15, -0.1) is 11.3 Å². The quantitative estimate of drug-likeness (QED) is 0.783. The third-order valence-electron chi connectivity index (χ3n) is 3.04. The molecule has 0 radical (unpaired) electrons. The van der Waals surface area contributed by atoms with Gasteiger partial charge in [0.2, 0.25) is 0 Å². The summed E-state index contributed by atoms with van der Waals surface area (Å²) < 4.78 is 10.4. The SMILES string of the molecule is COc1ccc(OCC(=O)NCCC(O)c2cccs2)cc1. The highest BCUT2D eigenvalue weighted by atomic mass is 32.1. The Morgan fingerprint density at radius 3 is 2.64 bits per heavy atom. The van der Waals surface area contributed by atoms with E-state index in [2.05, 4.69) is 5.32 Å². The number of aliphatic hydroxyl groups excluding tert-OH is 1. The van der Waals surface area contributed by atoms with E-state index in [0.717, 1.165) is 10.6 Å². The van der Waals surface area contributed by atoms with Crippen molar-refractivity contribution in [1.29, 1.82) is 0 Å². The fourth-order valence-electron chi connectivity index (χ4n) is 1.84. The molecule has 2 N–H and O–H groups in total. The van der Waals surface area contributed by atoms with E-state index in [1.807, 2.05) is 17.5 Å². The van der Waals surface area contributed by atoms with E-state index in [-0.39, 0.29) is 12.5 Å². The van der Waals surface area contributed by atoms with Crippen molar-refractivity contribution in [2.75, 3.05) is 20.3 Å². The van der Waals surface area contributed by atoms with Crippen LogP contribution in [-0.2, 0) is 4.79 Å². The molecule has 118 valence electrons. The summed E-state index contributed by atoms with van der Waals surface area (Å²) in [5.41, 5.74) is 0. The molecule has 0 aliphatic carbocycles. The number of hydrogen-bond acceptors (Lipinski definition) is 5. The molecule has 0 aliphatic heterocycles. The Morgan fingerprint density at radius 1 is 1.27 bits per heavy atom. The molecule has 6 heteroatoms. The molecule has 0 fully saturated rings. The van der Waals surface area contributed by atoms with Crippen LogP contribution in [-0.4, -0.2) is 31.3 Å². The van der Waals surface area contributed by atoms with Gasteiger partial charge in [-0.1, -0.05) is 6.07 Å². The van der Waals surface area contributed by atoms with E-state index >= 15 is 0 Å². The zero-order valence-electron chi connectivity index (χ0n) is 12.3. The average Bonchev–Trinajstić information content (AvgIpc) is 3.08. The Morgan fingerprint density at radius 2 is 2.00 bits per heavy atom. The zero-order valence-corrected chi connectivity index (χ0v) is 13.1. The first-order valence-electron chi connectivity index (χ1n) is 6.94. The molecule has 1 atom stereocenters. The van der Waals surface area contributed by atoms with E-state index in [4.69, 9.17) is 9.47 Å². The zero-order chi connectivity index (χ0) is 15.8. The highest BCUT2D eigenvalue weighted by Crippen LogP contribution is 2.21. The predicted octanol–water partition coefficient (Wildman–Crippen LogP) is 2.38. The summed E-state index contributed by atoms with van der Waals surface area (Å²) in [6.07, 6.45) is -0.0581. The lowest BCUT2D eigenvalue weighted by Gasteiger charge is -2.10. The number of carbonyl (C=O) groups is 1. The second-order valence-electron chi connectivity index (χ2n) is 4.63. The van der Waals surface area contributed by atoms with Crippen LogP contribution in [0.3, 0.4) is 0 Å². The van der Waals surface area contributed by atoms with Gasteiger partial charge in [-0.2, -0.15) is 0 Å². The van der Waals surface area contributed by atoms with Gasteiger partial charge in [-0.3, -0.25) is 4.79 Å². The molecule has 1 heterocycles. The van der Waals surface area contributed by atoms with Crippen molar-refractivity contribution in [2.24, 2.45) is 0 Å². The van der Waals surface area contributed by atoms with Gasteiger partial charge >= 0.3 is 0 Å². The third-order valence-corrected chi connectivity index (χ3v) is 4.01. The summed E-state index contributed by atoms with van der Waals surface area (Å²) in [6, 6.07) is 10.8. The fraction of sp³-hybridized carbons (Fsp3) is 0.312. The first kappa shape index (κ1) is 16.3. The maximum atomic E-state index is 11.7. The average molecular weight is 321 g/mol. The lowest BCUT2D eigenvalue weighted by molar-refractivity contribution is -0.123. The van der Waals surface area contributed by atoms with E-state index in [1.165, 1.54) is 11.3 Å². The maximum Gasteiger partial charge on any atom is 0.257 e. The van der Waals surface area contributed by atoms with Crippen LogP contribution in [0, 0.1) is 0 Å². The van der Waals surface area contributed by atoms with Gasteiger partial charge in [0.05, 0.1) is 13.2 Å². The molecule has 0 spiro atoms. The Kier molecular flexibility index (Phi) is 6.24. The van der Waals surface area contributed by atoms with Crippen LogP contribution in [0.25, 0.3) is 0 Å². The van der Waals surface area contributed by atoms with Crippen molar-refractivity contribution in [2.45, 2.75) is 12.5 Å². The molecule has 22 heavy (non-hydrogen) atoms. The highest BCUT2D eigenvalue weighted by Gasteiger charge is 2.09. The molecular formula is C16H19NO4S. The maximum absolute atomic E-state index is 11.7. The standard InChI is InChI=1S/C16H19NO4S/c1-20-12-4-6-13(7-5-12)21-11-16(19)17-9-8-14(18)15-3-2-10-22-15/h2-7,10,14,18H,8-9,11H2,1H3,(H,17,19). The van der Waals surface area contributed by atoms with Gasteiger partial charge in [-0.05, 0) is 42.1 Å². The molecular weight excluding hydrogens is 302 g/mol. The highest BCUT2D eigenvalue weighted by molar-refractivity contribution is 7.10. The summed E-state index contributed by atoms with van der Waals surface area (Å²) >= 11 is 1.50. The molecule has 0 saturated heterocycles. The minimum Gasteiger partial charge on any atom is -0.497 e. The number of thiophene rings is 1. The van der Waals surface area contributed by atoms with Gasteiger partial charge in [0, 0.05) is 11.4 Å². The molecule has 1 amide bonds. The minimum atomic E-state index is -0.539. The third kappa shape index (κ3) is 5.05. The molecule has 0 aliphatic rings. The van der Waals surface area contributed by atoms with Gasteiger partial charge in [0.1, 0.15) is 11.5 Å². The largest absolute Gasteiger partial charge is 0.497 e. The first-order valence-corrected chi connectivity index (χ1v) is 7.82. The second-order valence-corrected chi connectivity index (χ2v) is 5.61. The monoisotopic (exact) mass is 321 g/mol. The van der Waals surface area contributed by atoms with Gasteiger partial charge in [0.25, 0.3) is 5.91 Å². The van der Waals surface area contributed by atoms with Crippen LogP contribution >= 0.6 is 11.3 Å². The lowest BCUT2D eigenvalue weighted by atomic mass is 10.2. The topological polar surface area (TPSA) is 67.8 Å². The molecule has 0 saturated carbocycles. The molecule has 1 aromatic carbocycles. The van der Waals surface area contributed by atoms with Gasteiger partial charge in [0.15, 0.2) is 6.61 Å². The number of nitrogens with one attached hydrogen (secondary N) is 1. The summed E-state index contributed by atoms with van der Waals surface area (Å²) in [7, 11) is 1.59. The number of hydrogen-bond donors (Lipinski definition) is 2. The minimum absolute atomic E-state index is 0.0541. The van der Waals surface area contributed by atoms with Crippen LogP contribution < -0.4 is 14.8 Å². The lowest BCUT2D eigenvalue weighted by Crippen LogP contribution is -2.30. The van der Waals surface area contributed by atoms with Crippen molar-refractivity contribution >= 4 is 17.2 Å². The molecule has 1 unspecified atom stereocenters. The number of amides is 1. The molecule has 2 aromatic rings. The smallest absolute Gasteiger partial charge is 0.257 e. The van der Waals surface area contributed by atoms with Crippen molar-refractivity contribution in [3.63, 3.8) is 0 Å². The van der Waals surface area contributed by atoms with Crippen LogP contribution in [0.1, 0.15) is 17.4 Å². The molecule has 0 bridgehead atoms. The van der Waals surface area contributed by atoms with Crippen LogP contribution in [0.2, 0.25) is 0 Å². The number of aliphatic hydroxyl groups is 1. The van der Waals surface area contributed by atoms with Crippen molar-refractivity contribution < 1.29 is 19.4 Å². The van der Waals surface area contributed by atoms with Gasteiger partial charge in [-0.25, -0.2) is 0 Å². The molecule has 2 rings (SSSR count). The number of carbonyl (C=O) groups excluding carboxylic acids is 1. The second kappa shape index (κ2) is 8.41. The summed E-state index contributed by atoms with van der Waals surface area (Å²) in [5, 5.41) is 14.5. The Labute approximate surface area is 133 Å². The van der Waals surface area contributed by atoms with Crippen molar-refractivity contribution in [1.82, 2.24) is 5.32 Å². The van der Waals surface area contributed by atoms with Crippen LogP contribution in [0.15, 0.2) is 41.8 Å². The number of rotatable bonds is 8. The van der Waals surface area contributed by atoms with Crippen molar-refractivity contribution in [3.05, 3.63) is 46.7 Å². The number of benzene rings is 1.